The lowest BCUT2D eigenvalue weighted by atomic mass is 10.0. The van der Waals surface area contributed by atoms with E-state index >= 15 is 0 Å². The first-order valence-corrected chi connectivity index (χ1v) is 11.9. The minimum atomic E-state index is -4.47. The third-order valence-corrected chi connectivity index (χ3v) is 6.15. The van der Waals surface area contributed by atoms with Crippen LogP contribution in [0.15, 0.2) is 91.4 Å². The lowest BCUT2D eigenvalue weighted by Gasteiger charge is -2.40. The van der Waals surface area contributed by atoms with Gasteiger partial charge in [0.25, 0.3) is 0 Å². The minimum Gasteiger partial charge on any atom is -0.439 e. The molecule has 0 aliphatic carbocycles. The van der Waals surface area contributed by atoms with Crippen LogP contribution >= 0.6 is 0 Å². The molecule has 1 atom stereocenters. The summed E-state index contributed by atoms with van der Waals surface area (Å²) >= 11 is 0. The van der Waals surface area contributed by atoms with Crippen molar-refractivity contribution in [2.24, 2.45) is 0 Å². The first kappa shape index (κ1) is 25.3. The standard InChI is InChI=1S/C27H24F3N5O3/c28-27(29,30)22-9-12-25(31-17-22)37-23-10-7-21(8-11-23)24-19-33(18-20-5-2-1-3-6-20)15-16-34(24)26(36)38-35-14-4-13-32-35/h1-14,17,24H,15-16,18-19H2. The van der Waals surface area contributed by atoms with Crippen molar-refractivity contribution in [1.29, 1.82) is 0 Å². The number of nitrogens with zero attached hydrogens (tertiary/aromatic N) is 5. The van der Waals surface area contributed by atoms with Crippen molar-refractivity contribution >= 4 is 6.09 Å². The highest BCUT2D eigenvalue weighted by Gasteiger charge is 2.33. The second-order valence-electron chi connectivity index (χ2n) is 8.75. The van der Waals surface area contributed by atoms with E-state index in [1.165, 1.54) is 17.8 Å². The van der Waals surface area contributed by atoms with Gasteiger partial charge >= 0.3 is 12.3 Å². The Bertz CT molecular complexity index is 1330. The molecule has 1 aliphatic rings. The number of hydrogen-bond acceptors (Lipinski definition) is 6. The van der Waals surface area contributed by atoms with Gasteiger partial charge in [0.05, 0.1) is 24.0 Å². The SMILES string of the molecule is O=C(On1cccn1)N1CCN(Cc2ccccc2)CC1c1ccc(Oc2ccc(C(F)(F)F)cn2)cc1. The summed E-state index contributed by atoms with van der Waals surface area (Å²) in [5, 5.41) is 3.94. The summed E-state index contributed by atoms with van der Waals surface area (Å²) in [5.74, 6) is 0.450. The number of carbonyl (C=O) groups excluding carboxylic acids is 1. The Morgan fingerprint density at radius 3 is 2.42 bits per heavy atom. The van der Waals surface area contributed by atoms with E-state index in [4.69, 9.17) is 9.57 Å². The zero-order chi connectivity index (χ0) is 26.5. The third kappa shape index (κ3) is 6.12. The number of hydrogen-bond donors (Lipinski definition) is 0. The highest BCUT2D eigenvalue weighted by Crippen LogP contribution is 2.31. The maximum Gasteiger partial charge on any atom is 0.436 e. The van der Waals surface area contributed by atoms with Crippen molar-refractivity contribution in [2.45, 2.75) is 18.8 Å². The molecule has 3 heterocycles. The highest BCUT2D eigenvalue weighted by molar-refractivity contribution is 5.69. The van der Waals surface area contributed by atoms with Gasteiger partial charge in [-0.2, -0.15) is 13.2 Å². The molecular formula is C27H24F3N5O3. The van der Waals surface area contributed by atoms with Crippen LogP contribution in [0.5, 0.6) is 11.6 Å². The molecule has 196 valence electrons. The molecular weight excluding hydrogens is 499 g/mol. The number of alkyl halides is 3. The van der Waals surface area contributed by atoms with Crippen LogP contribution < -0.4 is 9.57 Å². The Hall–Kier alpha value is -4.38. The van der Waals surface area contributed by atoms with E-state index in [1.807, 2.05) is 30.3 Å². The van der Waals surface area contributed by atoms with Crippen LogP contribution in [0.1, 0.15) is 22.7 Å². The number of carbonyl (C=O) groups is 1. The summed E-state index contributed by atoms with van der Waals surface area (Å²) in [5.41, 5.74) is 1.18. The van der Waals surface area contributed by atoms with Crippen molar-refractivity contribution in [1.82, 2.24) is 24.7 Å². The third-order valence-electron chi connectivity index (χ3n) is 6.15. The van der Waals surface area contributed by atoms with Gasteiger partial charge in [0.2, 0.25) is 5.88 Å². The largest absolute Gasteiger partial charge is 0.439 e. The fourth-order valence-electron chi connectivity index (χ4n) is 4.26. The van der Waals surface area contributed by atoms with E-state index in [2.05, 4.69) is 27.1 Å². The van der Waals surface area contributed by atoms with Crippen molar-refractivity contribution in [3.8, 4) is 11.6 Å². The number of aromatic nitrogens is 3. The Labute approximate surface area is 216 Å². The Morgan fingerprint density at radius 2 is 1.76 bits per heavy atom. The fraction of sp³-hybridized carbons (Fsp3) is 0.222. The van der Waals surface area contributed by atoms with Gasteiger partial charge in [0, 0.05) is 38.4 Å². The number of rotatable bonds is 6. The maximum atomic E-state index is 13.0. The van der Waals surface area contributed by atoms with E-state index in [0.717, 1.165) is 29.2 Å². The molecule has 0 radical (unpaired) electrons. The average Bonchev–Trinajstić information content (AvgIpc) is 3.42. The van der Waals surface area contributed by atoms with E-state index in [9.17, 15) is 18.0 Å². The van der Waals surface area contributed by atoms with Gasteiger partial charge in [-0.1, -0.05) is 47.3 Å². The van der Waals surface area contributed by atoms with Gasteiger partial charge in [0.1, 0.15) is 5.75 Å². The van der Waals surface area contributed by atoms with Crippen LogP contribution in [-0.2, 0) is 12.7 Å². The number of ether oxygens (including phenoxy) is 1. The Balaban J connectivity index is 1.32. The predicted octanol–water partition coefficient (Wildman–Crippen LogP) is 5.20. The molecule has 11 heteroatoms. The molecule has 2 aromatic carbocycles. The van der Waals surface area contributed by atoms with Crippen LogP contribution in [0.4, 0.5) is 18.0 Å². The lowest BCUT2D eigenvalue weighted by molar-refractivity contribution is -0.137. The summed E-state index contributed by atoms with van der Waals surface area (Å²) < 4.78 is 44.0. The van der Waals surface area contributed by atoms with Gasteiger partial charge < -0.3 is 4.74 Å². The number of halogens is 3. The van der Waals surface area contributed by atoms with Crippen LogP contribution in [0.25, 0.3) is 0 Å². The van der Waals surface area contributed by atoms with Crippen LogP contribution in [-0.4, -0.2) is 50.5 Å². The molecule has 1 amide bonds. The monoisotopic (exact) mass is 523 g/mol. The van der Waals surface area contributed by atoms with Gasteiger partial charge in [0.15, 0.2) is 0 Å². The summed E-state index contributed by atoms with van der Waals surface area (Å²) in [6, 6.07) is 20.6. The fourth-order valence-corrected chi connectivity index (χ4v) is 4.26. The zero-order valence-corrected chi connectivity index (χ0v) is 20.2. The van der Waals surface area contributed by atoms with E-state index in [0.29, 0.717) is 25.4 Å². The summed E-state index contributed by atoms with van der Waals surface area (Å²) in [4.78, 5) is 27.2. The van der Waals surface area contributed by atoms with Crippen molar-refractivity contribution in [2.75, 3.05) is 19.6 Å². The maximum absolute atomic E-state index is 13.0. The summed E-state index contributed by atoms with van der Waals surface area (Å²) in [7, 11) is 0. The normalized spacial score (nSPS) is 16.3. The molecule has 2 aromatic heterocycles. The summed E-state index contributed by atoms with van der Waals surface area (Å²) in [6.45, 7) is 2.43. The topological polar surface area (TPSA) is 72.7 Å². The highest BCUT2D eigenvalue weighted by atomic mass is 19.4. The lowest BCUT2D eigenvalue weighted by Crippen LogP contribution is -2.52. The number of benzene rings is 2. The predicted molar refractivity (Wildman–Crippen MR) is 131 cm³/mol. The molecule has 0 spiro atoms. The van der Waals surface area contributed by atoms with Crippen LogP contribution in [0, 0.1) is 0 Å². The first-order valence-electron chi connectivity index (χ1n) is 11.9. The van der Waals surface area contributed by atoms with E-state index < -0.39 is 17.8 Å². The molecule has 1 aliphatic heterocycles. The van der Waals surface area contributed by atoms with Crippen LogP contribution in [0.2, 0.25) is 0 Å². The molecule has 38 heavy (non-hydrogen) atoms. The molecule has 0 saturated carbocycles. The first-order chi connectivity index (χ1) is 18.3. The Kier molecular flexibility index (Phi) is 7.27. The van der Waals surface area contributed by atoms with Gasteiger partial charge in [-0.3, -0.25) is 14.6 Å². The minimum absolute atomic E-state index is 0.0434. The second-order valence-corrected chi connectivity index (χ2v) is 8.75. The molecule has 0 N–H and O–H groups in total. The molecule has 4 aromatic rings. The van der Waals surface area contributed by atoms with E-state index in [1.54, 1.807) is 29.3 Å². The summed E-state index contributed by atoms with van der Waals surface area (Å²) in [6.07, 6.45) is -1.19. The molecule has 8 nitrogen and oxygen atoms in total. The van der Waals surface area contributed by atoms with Gasteiger partial charge in [-0.25, -0.2) is 9.78 Å². The number of pyridine rings is 1. The number of amides is 1. The van der Waals surface area contributed by atoms with E-state index in [-0.39, 0.29) is 11.9 Å². The van der Waals surface area contributed by atoms with Gasteiger partial charge in [-0.15, -0.1) is 5.10 Å². The van der Waals surface area contributed by atoms with Crippen LogP contribution in [0.3, 0.4) is 0 Å². The number of piperazine rings is 1. The second kappa shape index (κ2) is 10.9. The van der Waals surface area contributed by atoms with Crippen molar-refractivity contribution in [3.05, 3.63) is 108 Å². The molecule has 1 unspecified atom stereocenters. The molecule has 5 rings (SSSR count). The molecule has 0 bridgehead atoms. The zero-order valence-electron chi connectivity index (χ0n) is 20.2. The quantitative estimate of drug-likeness (QED) is 0.346. The molecule has 1 fully saturated rings. The Morgan fingerprint density at radius 1 is 0.974 bits per heavy atom. The molecule has 1 saturated heterocycles. The smallest absolute Gasteiger partial charge is 0.436 e. The average molecular weight is 524 g/mol. The van der Waals surface area contributed by atoms with Crippen molar-refractivity contribution in [3.63, 3.8) is 0 Å². The van der Waals surface area contributed by atoms with Crippen molar-refractivity contribution < 1.29 is 27.5 Å². The van der Waals surface area contributed by atoms with Gasteiger partial charge in [-0.05, 0) is 35.4 Å².